The summed E-state index contributed by atoms with van der Waals surface area (Å²) in [5, 5.41) is 9.57. The fourth-order valence-corrected chi connectivity index (χ4v) is 1.72. The molecule has 0 atom stereocenters. The van der Waals surface area contributed by atoms with Crippen LogP contribution in [0.4, 0.5) is 10.5 Å². The number of carbonyl (C=O) groups is 1. The fourth-order valence-electron chi connectivity index (χ4n) is 1.72. The highest BCUT2D eigenvalue weighted by atomic mass is 16.5. The molecule has 1 aromatic carbocycles. The van der Waals surface area contributed by atoms with Crippen LogP contribution in [0.5, 0.6) is 5.75 Å². The van der Waals surface area contributed by atoms with Crippen molar-refractivity contribution in [2.75, 3.05) is 11.9 Å². The second-order valence-electron chi connectivity index (χ2n) is 4.21. The van der Waals surface area contributed by atoms with Crippen LogP contribution < -0.4 is 15.4 Å². The van der Waals surface area contributed by atoms with Crippen LogP contribution in [-0.4, -0.2) is 22.4 Å². The minimum absolute atomic E-state index is 0.254. The molecule has 0 aliphatic rings. The maximum Gasteiger partial charge on any atom is 0.319 e. The molecule has 0 saturated heterocycles. The molecule has 0 unspecified atom stereocenters. The van der Waals surface area contributed by atoms with E-state index >= 15 is 0 Å². The summed E-state index contributed by atoms with van der Waals surface area (Å²) in [6, 6.07) is 8.84. The molecule has 2 amide bonds. The van der Waals surface area contributed by atoms with E-state index in [1.165, 1.54) is 0 Å². The van der Waals surface area contributed by atoms with Crippen molar-refractivity contribution < 1.29 is 9.53 Å². The summed E-state index contributed by atoms with van der Waals surface area (Å²) in [4.78, 5) is 11.7. The number of nitrogens with one attached hydrogen (secondary N) is 2. The zero-order valence-electron chi connectivity index (χ0n) is 11.6. The van der Waals surface area contributed by atoms with Gasteiger partial charge in [-0.05, 0) is 37.3 Å². The van der Waals surface area contributed by atoms with Gasteiger partial charge in [0.25, 0.3) is 0 Å². The monoisotopic (exact) mass is 274 g/mol. The third-order valence-electron chi connectivity index (χ3n) is 2.78. The van der Waals surface area contributed by atoms with Crippen molar-refractivity contribution in [1.82, 2.24) is 15.1 Å². The normalized spacial score (nSPS) is 10.1. The average molecular weight is 274 g/mol. The van der Waals surface area contributed by atoms with Crippen LogP contribution in [-0.2, 0) is 13.6 Å². The van der Waals surface area contributed by atoms with Gasteiger partial charge in [0.1, 0.15) is 5.75 Å². The second kappa shape index (κ2) is 6.60. The number of hydrogen-bond acceptors (Lipinski definition) is 3. The van der Waals surface area contributed by atoms with Crippen molar-refractivity contribution in [3.8, 4) is 5.75 Å². The second-order valence-corrected chi connectivity index (χ2v) is 4.21. The Morgan fingerprint density at radius 1 is 1.30 bits per heavy atom. The van der Waals surface area contributed by atoms with Crippen LogP contribution in [0.1, 0.15) is 12.6 Å². The zero-order chi connectivity index (χ0) is 14.4. The molecule has 0 aliphatic heterocycles. The molecule has 20 heavy (non-hydrogen) atoms. The summed E-state index contributed by atoms with van der Waals surface area (Å²) in [6.45, 7) is 2.98. The summed E-state index contributed by atoms with van der Waals surface area (Å²) in [5.74, 6) is 0.786. The molecule has 0 spiro atoms. The first-order chi connectivity index (χ1) is 9.69. The Morgan fingerprint density at radius 2 is 2.05 bits per heavy atom. The van der Waals surface area contributed by atoms with Gasteiger partial charge < -0.3 is 15.4 Å². The molecule has 1 heterocycles. The Hall–Kier alpha value is -2.50. The highest BCUT2D eigenvalue weighted by Gasteiger charge is 2.04. The molecule has 0 aliphatic carbocycles. The number of amides is 2. The number of hydrogen-bond donors (Lipinski definition) is 2. The predicted octanol–water partition coefficient (Wildman–Crippen LogP) is 2.14. The lowest BCUT2D eigenvalue weighted by molar-refractivity contribution is 0.251. The Balaban J connectivity index is 1.83. The van der Waals surface area contributed by atoms with E-state index in [0.717, 1.165) is 17.1 Å². The lowest BCUT2D eigenvalue weighted by Gasteiger charge is -2.09. The predicted molar refractivity (Wildman–Crippen MR) is 76.7 cm³/mol. The number of carbonyl (C=O) groups excluding carboxylic acids is 1. The minimum atomic E-state index is -0.254. The van der Waals surface area contributed by atoms with Crippen LogP contribution in [0.25, 0.3) is 0 Å². The van der Waals surface area contributed by atoms with Gasteiger partial charge in [-0.3, -0.25) is 4.68 Å². The zero-order valence-corrected chi connectivity index (χ0v) is 11.6. The molecule has 6 heteroatoms. The molecule has 0 bridgehead atoms. The van der Waals surface area contributed by atoms with E-state index in [-0.39, 0.29) is 6.03 Å². The molecule has 0 fully saturated rings. The third-order valence-corrected chi connectivity index (χ3v) is 2.78. The summed E-state index contributed by atoms with van der Waals surface area (Å²) < 4.78 is 7.06. The first-order valence-corrected chi connectivity index (χ1v) is 6.43. The molecule has 1 aromatic heterocycles. The smallest absolute Gasteiger partial charge is 0.319 e. The van der Waals surface area contributed by atoms with Crippen molar-refractivity contribution in [1.29, 1.82) is 0 Å². The number of benzene rings is 1. The molecule has 2 N–H and O–H groups in total. The summed E-state index contributed by atoms with van der Waals surface area (Å²) in [7, 11) is 1.83. The van der Waals surface area contributed by atoms with Gasteiger partial charge in [-0.2, -0.15) is 5.10 Å². The molecule has 6 nitrogen and oxygen atoms in total. The first kappa shape index (κ1) is 13.9. The standard InChI is InChI=1S/C14H18N4O2/c1-3-20-13-6-4-11(5-7-13)17-14(19)15-10-12-8-9-16-18(12)2/h4-9H,3,10H2,1-2H3,(H2,15,17,19). The van der Waals surface area contributed by atoms with Crippen LogP contribution in [0.15, 0.2) is 36.5 Å². The van der Waals surface area contributed by atoms with E-state index in [0.29, 0.717) is 13.2 Å². The van der Waals surface area contributed by atoms with E-state index < -0.39 is 0 Å². The highest BCUT2D eigenvalue weighted by molar-refractivity contribution is 5.89. The van der Waals surface area contributed by atoms with Gasteiger partial charge in [-0.25, -0.2) is 4.79 Å². The van der Waals surface area contributed by atoms with Crippen LogP contribution in [0.3, 0.4) is 0 Å². The fraction of sp³-hybridized carbons (Fsp3) is 0.286. The van der Waals surface area contributed by atoms with E-state index in [1.807, 2.05) is 32.2 Å². The average Bonchev–Trinajstić information content (AvgIpc) is 2.84. The van der Waals surface area contributed by atoms with E-state index in [4.69, 9.17) is 4.74 Å². The summed E-state index contributed by atoms with van der Waals surface area (Å²) in [6.07, 6.45) is 1.70. The van der Waals surface area contributed by atoms with Gasteiger partial charge in [0.15, 0.2) is 0 Å². The van der Waals surface area contributed by atoms with Gasteiger partial charge >= 0.3 is 6.03 Å². The Morgan fingerprint density at radius 3 is 2.65 bits per heavy atom. The number of ether oxygens (including phenoxy) is 1. The Kier molecular flexibility index (Phi) is 4.60. The topological polar surface area (TPSA) is 68.2 Å². The largest absolute Gasteiger partial charge is 0.494 e. The number of nitrogens with zero attached hydrogens (tertiary/aromatic N) is 2. The quantitative estimate of drug-likeness (QED) is 0.877. The molecule has 2 aromatic rings. The van der Waals surface area contributed by atoms with E-state index in [9.17, 15) is 4.79 Å². The molecular weight excluding hydrogens is 256 g/mol. The SMILES string of the molecule is CCOc1ccc(NC(=O)NCc2ccnn2C)cc1. The summed E-state index contributed by atoms with van der Waals surface area (Å²) in [5.41, 5.74) is 1.66. The van der Waals surface area contributed by atoms with Crippen molar-refractivity contribution >= 4 is 11.7 Å². The Labute approximate surface area is 117 Å². The number of rotatable bonds is 5. The number of anilines is 1. The number of aromatic nitrogens is 2. The van der Waals surface area contributed by atoms with E-state index in [1.54, 1.807) is 23.0 Å². The Bertz CT molecular complexity index is 563. The minimum Gasteiger partial charge on any atom is -0.494 e. The lowest BCUT2D eigenvalue weighted by atomic mass is 10.3. The van der Waals surface area contributed by atoms with Crippen molar-refractivity contribution in [3.63, 3.8) is 0 Å². The third kappa shape index (κ3) is 3.74. The maximum atomic E-state index is 11.7. The number of urea groups is 1. The van der Waals surface area contributed by atoms with Crippen LogP contribution >= 0.6 is 0 Å². The van der Waals surface area contributed by atoms with Gasteiger partial charge in [0, 0.05) is 18.9 Å². The van der Waals surface area contributed by atoms with Gasteiger partial charge in [-0.15, -0.1) is 0 Å². The molecule has 106 valence electrons. The van der Waals surface area contributed by atoms with Gasteiger partial charge in [0.05, 0.1) is 18.8 Å². The van der Waals surface area contributed by atoms with Crippen molar-refractivity contribution in [2.24, 2.45) is 7.05 Å². The van der Waals surface area contributed by atoms with E-state index in [2.05, 4.69) is 15.7 Å². The van der Waals surface area contributed by atoms with Crippen molar-refractivity contribution in [2.45, 2.75) is 13.5 Å². The summed E-state index contributed by atoms with van der Waals surface area (Å²) >= 11 is 0. The molecular formula is C14H18N4O2. The van der Waals surface area contributed by atoms with Crippen molar-refractivity contribution in [3.05, 3.63) is 42.2 Å². The van der Waals surface area contributed by atoms with Gasteiger partial charge in [-0.1, -0.05) is 0 Å². The molecule has 0 radical (unpaired) electrons. The van der Waals surface area contributed by atoms with Crippen LogP contribution in [0, 0.1) is 0 Å². The highest BCUT2D eigenvalue weighted by Crippen LogP contribution is 2.15. The lowest BCUT2D eigenvalue weighted by Crippen LogP contribution is -2.28. The van der Waals surface area contributed by atoms with Gasteiger partial charge in [0.2, 0.25) is 0 Å². The molecule has 0 saturated carbocycles. The maximum absolute atomic E-state index is 11.7. The number of aryl methyl sites for hydroxylation is 1. The first-order valence-electron chi connectivity index (χ1n) is 6.43. The van der Waals surface area contributed by atoms with Crippen LogP contribution in [0.2, 0.25) is 0 Å². The molecule has 2 rings (SSSR count).